The van der Waals surface area contributed by atoms with Crippen LogP contribution in [0, 0.1) is 22.0 Å². The second kappa shape index (κ2) is 5.02. The number of benzene rings is 1. The number of nitro benzene ring substituents is 1. The van der Waals surface area contributed by atoms with Crippen LogP contribution in [0.4, 0.5) is 11.4 Å². The predicted molar refractivity (Wildman–Crippen MR) is 72.0 cm³/mol. The number of anilines is 1. The van der Waals surface area contributed by atoms with Gasteiger partial charge in [0.25, 0.3) is 14.7 Å². The second-order valence-electron chi connectivity index (χ2n) is 4.68. The summed E-state index contributed by atoms with van der Waals surface area (Å²) in [6, 6.07) is 3.11. The predicted octanol–water partition coefficient (Wildman–Crippen LogP) is 2.12. The molecule has 1 aromatic rings. The lowest BCUT2D eigenvalue weighted by molar-refractivity contribution is -0.384. The van der Waals surface area contributed by atoms with Crippen molar-refractivity contribution in [1.29, 1.82) is 0 Å². The summed E-state index contributed by atoms with van der Waals surface area (Å²) in [5.41, 5.74) is -0.545. The van der Waals surface area contributed by atoms with Gasteiger partial charge in [0, 0.05) is 22.7 Å². The smallest absolute Gasteiger partial charge is 0.294 e. The van der Waals surface area contributed by atoms with E-state index in [-0.39, 0.29) is 28.3 Å². The minimum atomic E-state index is -4.06. The van der Waals surface area contributed by atoms with Gasteiger partial charge in [-0.1, -0.05) is 6.92 Å². The van der Waals surface area contributed by atoms with Gasteiger partial charge in [-0.3, -0.25) is 14.9 Å². The SMILES string of the molecule is CC1CC1C(=O)Nc1ccc(S(=O)(=O)Cl)cc1[N+](=O)[O-]. The van der Waals surface area contributed by atoms with E-state index in [1.54, 1.807) is 0 Å². The highest BCUT2D eigenvalue weighted by molar-refractivity contribution is 8.13. The highest BCUT2D eigenvalue weighted by atomic mass is 35.7. The van der Waals surface area contributed by atoms with Crippen LogP contribution in [0.3, 0.4) is 0 Å². The van der Waals surface area contributed by atoms with Crippen LogP contribution in [0.5, 0.6) is 0 Å². The number of rotatable bonds is 4. The van der Waals surface area contributed by atoms with E-state index in [0.717, 1.165) is 18.6 Å². The Morgan fingerprint density at radius 3 is 2.55 bits per heavy atom. The third-order valence-electron chi connectivity index (χ3n) is 3.15. The highest BCUT2D eigenvalue weighted by Gasteiger charge is 2.39. The van der Waals surface area contributed by atoms with Gasteiger partial charge in [-0.2, -0.15) is 0 Å². The van der Waals surface area contributed by atoms with Crippen LogP contribution in [0.25, 0.3) is 0 Å². The zero-order valence-corrected chi connectivity index (χ0v) is 11.9. The zero-order chi connectivity index (χ0) is 15.1. The van der Waals surface area contributed by atoms with Crippen molar-refractivity contribution in [2.75, 3.05) is 5.32 Å². The number of nitrogens with zero attached hydrogens (tertiary/aromatic N) is 1. The van der Waals surface area contributed by atoms with Crippen molar-refractivity contribution in [3.8, 4) is 0 Å². The highest BCUT2D eigenvalue weighted by Crippen LogP contribution is 2.39. The molecule has 0 spiro atoms. The van der Waals surface area contributed by atoms with Gasteiger partial charge in [-0.25, -0.2) is 8.42 Å². The first kappa shape index (κ1) is 14.7. The van der Waals surface area contributed by atoms with Gasteiger partial charge in [-0.05, 0) is 24.5 Å². The fourth-order valence-corrected chi connectivity index (χ4v) is 2.60. The molecule has 20 heavy (non-hydrogen) atoms. The Bertz CT molecular complexity index is 688. The summed E-state index contributed by atoms with van der Waals surface area (Å²) < 4.78 is 22.3. The number of amides is 1. The molecule has 0 aromatic heterocycles. The lowest BCUT2D eigenvalue weighted by atomic mass is 10.2. The van der Waals surface area contributed by atoms with Gasteiger partial charge in [0.15, 0.2) is 0 Å². The molecular formula is C11H11ClN2O5S. The maximum atomic E-state index is 11.8. The lowest BCUT2D eigenvalue weighted by Gasteiger charge is -2.06. The van der Waals surface area contributed by atoms with Gasteiger partial charge >= 0.3 is 0 Å². The van der Waals surface area contributed by atoms with Crippen LogP contribution in [0.2, 0.25) is 0 Å². The van der Waals surface area contributed by atoms with Gasteiger partial charge < -0.3 is 5.32 Å². The van der Waals surface area contributed by atoms with Crippen molar-refractivity contribution in [1.82, 2.24) is 0 Å². The molecule has 1 N–H and O–H groups in total. The van der Waals surface area contributed by atoms with E-state index in [1.807, 2.05) is 6.92 Å². The van der Waals surface area contributed by atoms with Crippen molar-refractivity contribution >= 4 is 37.0 Å². The first-order chi connectivity index (χ1) is 9.20. The Labute approximate surface area is 119 Å². The average molecular weight is 319 g/mol. The maximum Gasteiger partial charge on any atom is 0.294 e. The standard InChI is InChI=1S/C11H11ClN2O5S/c1-6-4-8(6)11(15)13-9-3-2-7(20(12,18)19)5-10(9)14(16)17/h2-3,5-6,8H,4H2,1H3,(H,13,15). The van der Waals surface area contributed by atoms with Crippen molar-refractivity contribution in [3.05, 3.63) is 28.3 Å². The van der Waals surface area contributed by atoms with Crippen LogP contribution >= 0.6 is 10.7 Å². The second-order valence-corrected chi connectivity index (χ2v) is 7.25. The van der Waals surface area contributed by atoms with Crippen LogP contribution in [-0.2, 0) is 13.8 Å². The van der Waals surface area contributed by atoms with E-state index < -0.39 is 19.7 Å². The summed E-state index contributed by atoms with van der Waals surface area (Å²) in [4.78, 5) is 21.6. The Morgan fingerprint density at radius 1 is 1.50 bits per heavy atom. The number of hydrogen-bond donors (Lipinski definition) is 1. The normalized spacial score (nSPS) is 21.3. The van der Waals surface area contributed by atoms with Gasteiger partial charge in [0.1, 0.15) is 5.69 Å². The molecule has 1 aromatic carbocycles. The average Bonchev–Trinajstić information content (AvgIpc) is 3.05. The van der Waals surface area contributed by atoms with E-state index in [4.69, 9.17) is 10.7 Å². The quantitative estimate of drug-likeness (QED) is 0.520. The first-order valence-corrected chi connectivity index (χ1v) is 8.05. The Balaban J connectivity index is 2.33. The van der Waals surface area contributed by atoms with Crippen molar-refractivity contribution < 1.29 is 18.1 Å². The summed E-state index contributed by atoms with van der Waals surface area (Å²) >= 11 is 0. The topological polar surface area (TPSA) is 106 Å². The summed E-state index contributed by atoms with van der Waals surface area (Å²) in [6.07, 6.45) is 0.744. The molecule has 108 valence electrons. The monoisotopic (exact) mass is 318 g/mol. The lowest BCUT2D eigenvalue weighted by Crippen LogP contribution is -2.15. The molecule has 2 unspecified atom stereocenters. The molecule has 2 rings (SSSR count). The van der Waals surface area contributed by atoms with E-state index in [2.05, 4.69) is 5.32 Å². The molecule has 1 aliphatic rings. The molecule has 1 aliphatic carbocycles. The van der Waals surface area contributed by atoms with E-state index in [9.17, 15) is 23.3 Å². The van der Waals surface area contributed by atoms with Crippen molar-refractivity contribution in [2.45, 2.75) is 18.2 Å². The number of hydrogen-bond acceptors (Lipinski definition) is 5. The Kier molecular flexibility index (Phi) is 3.70. The zero-order valence-electron chi connectivity index (χ0n) is 10.4. The minimum Gasteiger partial charge on any atom is -0.320 e. The third kappa shape index (κ3) is 3.07. The molecule has 1 saturated carbocycles. The molecule has 0 bridgehead atoms. The Morgan fingerprint density at radius 2 is 2.10 bits per heavy atom. The molecule has 9 heteroatoms. The number of nitrogens with one attached hydrogen (secondary N) is 1. The number of carbonyl (C=O) groups excluding carboxylic acids is 1. The van der Waals surface area contributed by atoms with E-state index >= 15 is 0 Å². The summed E-state index contributed by atoms with van der Waals surface area (Å²) in [6.45, 7) is 1.90. The molecule has 2 atom stereocenters. The van der Waals surface area contributed by atoms with E-state index in [1.165, 1.54) is 6.07 Å². The summed E-state index contributed by atoms with van der Waals surface area (Å²) in [7, 11) is 1.07. The first-order valence-electron chi connectivity index (χ1n) is 5.74. The molecule has 0 saturated heterocycles. The third-order valence-corrected chi connectivity index (χ3v) is 4.50. The summed E-state index contributed by atoms with van der Waals surface area (Å²) in [5.74, 6) is -0.190. The van der Waals surface area contributed by atoms with Crippen molar-refractivity contribution in [3.63, 3.8) is 0 Å². The number of carbonyl (C=O) groups is 1. The Hall–Kier alpha value is -1.67. The fourth-order valence-electron chi connectivity index (χ4n) is 1.83. The number of halogens is 1. The van der Waals surface area contributed by atoms with Gasteiger partial charge in [0.2, 0.25) is 5.91 Å². The van der Waals surface area contributed by atoms with Gasteiger partial charge in [0.05, 0.1) is 9.82 Å². The minimum absolute atomic E-state index is 0.0387. The van der Waals surface area contributed by atoms with Crippen LogP contribution in [0.1, 0.15) is 13.3 Å². The molecule has 0 heterocycles. The maximum absolute atomic E-state index is 11.8. The molecule has 7 nitrogen and oxygen atoms in total. The molecule has 1 amide bonds. The molecular weight excluding hydrogens is 308 g/mol. The number of nitro groups is 1. The fraction of sp³-hybridized carbons (Fsp3) is 0.364. The summed E-state index contributed by atoms with van der Waals surface area (Å²) in [5, 5.41) is 13.4. The molecule has 0 aliphatic heterocycles. The van der Waals surface area contributed by atoms with Crippen molar-refractivity contribution in [2.24, 2.45) is 11.8 Å². The molecule has 0 radical (unpaired) electrons. The van der Waals surface area contributed by atoms with E-state index in [0.29, 0.717) is 0 Å². The van der Waals surface area contributed by atoms with Gasteiger partial charge in [-0.15, -0.1) is 0 Å². The van der Waals surface area contributed by atoms with Crippen LogP contribution in [-0.4, -0.2) is 19.2 Å². The van der Waals surface area contributed by atoms with Crippen LogP contribution in [0.15, 0.2) is 23.1 Å². The van der Waals surface area contributed by atoms with Crippen LogP contribution < -0.4 is 5.32 Å². The largest absolute Gasteiger partial charge is 0.320 e. The molecule has 1 fully saturated rings.